The lowest BCUT2D eigenvalue weighted by Gasteiger charge is -2.33. The number of hydrogen-bond acceptors (Lipinski definition) is 5. The molecule has 0 aliphatic carbocycles. The minimum atomic E-state index is -3.62. The van der Waals surface area contributed by atoms with Gasteiger partial charge in [-0.15, -0.1) is 0 Å². The van der Waals surface area contributed by atoms with Crippen LogP contribution in [-0.2, 0) is 16.6 Å². The van der Waals surface area contributed by atoms with Gasteiger partial charge < -0.3 is 10.2 Å². The maximum Gasteiger partial charge on any atom is 0.259 e. The standard InChI is InChI=1S/C25H31N5O3S/c1-4-28-13-15-29(16-14-28)34(32,33)23-12-8-11-22(17-23)26-25(31)24-19(2)27-30(20(24)3)18-21-9-6-5-7-10-21/h5-12,17H,4,13-16,18H2,1-3H3,(H,26,31). The zero-order chi connectivity index (χ0) is 24.3. The van der Waals surface area contributed by atoms with Crippen LogP contribution in [0.25, 0.3) is 0 Å². The average molecular weight is 482 g/mol. The topological polar surface area (TPSA) is 87.5 Å². The highest BCUT2D eigenvalue weighted by atomic mass is 32.2. The lowest BCUT2D eigenvalue weighted by atomic mass is 10.1. The predicted octanol–water partition coefficient (Wildman–Crippen LogP) is 3.13. The number of piperazine rings is 1. The first-order valence-electron chi connectivity index (χ1n) is 11.5. The van der Waals surface area contributed by atoms with E-state index >= 15 is 0 Å². The molecule has 0 bridgehead atoms. The lowest BCUT2D eigenvalue weighted by Crippen LogP contribution is -2.48. The quantitative estimate of drug-likeness (QED) is 0.560. The monoisotopic (exact) mass is 481 g/mol. The van der Waals surface area contributed by atoms with Crippen LogP contribution in [-0.4, -0.2) is 66.0 Å². The summed E-state index contributed by atoms with van der Waals surface area (Å²) in [5.41, 5.74) is 3.42. The van der Waals surface area contributed by atoms with Crippen LogP contribution in [0, 0.1) is 13.8 Å². The van der Waals surface area contributed by atoms with Crippen molar-refractivity contribution in [3.05, 3.63) is 77.1 Å². The van der Waals surface area contributed by atoms with Crippen LogP contribution in [0.15, 0.2) is 59.5 Å². The number of hydrogen-bond donors (Lipinski definition) is 1. The van der Waals surface area contributed by atoms with Gasteiger partial charge in [-0.25, -0.2) is 8.42 Å². The molecule has 1 aliphatic heterocycles. The number of benzene rings is 2. The molecule has 9 heteroatoms. The molecule has 0 saturated carbocycles. The van der Waals surface area contributed by atoms with Crippen LogP contribution >= 0.6 is 0 Å². The number of nitrogens with zero attached hydrogens (tertiary/aromatic N) is 4. The van der Waals surface area contributed by atoms with Gasteiger partial charge in [0, 0.05) is 37.6 Å². The van der Waals surface area contributed by atoms with E-state index in [0.717, 1.165) is 30.9 Å². The summed E-state index contributed by atoms with van der Waals surface area (Å²) in [6.45, 7) is 9.60. The summed E-state index contributed by atoms with van der Waals surface area (Å²) < 4.78 is 29.6. The Morgan fingerprint density at radius 1 is 1.00 bits per heavy atom. The lowest BCUT2D eigenvalue weighted by molar-refractivity contribution is 0.102. The van der Waals surface area contributed by atoms with Gasteiger partial charge in [-0.2, -0.15) is 9.40 Å². The molecule has 4 rings (SSSR count). The van der Waals surface area contributed by atoms with Crippen molar-refractivity contribution in [2.75, 3.05) is 38.0 Å². The summed E-state index contributed by atoms with van der Waals surface area (Å²) in [4.78, 5) is 15.5. The third kappa shape index (κ3) is 5.06. The molecule has 2 heterocycles. The highest BCUT2D eigenvalue weighted by Crippen LogP contribution is 2.23. The fourth-order valence-corrected chi connectivity index (χ4v) is 5.77. The number of anilines is 1. The van der Waals surface area contributed by atoms with Gasteiger partial charge in [-0.1, -0.05) is 43.3 Å². The van der Waals surface area contributed by atoms with Crippen molar-refractivity contribution in [1.29, 1.82) is 0 Å². The Morgan fingerprint density at radius 2 is 1.71 bits per heavy atom. The van der Waals surface area contributed by atoms with Crippen LogP contribution in [0.5, 0.6) is 0 Å². The van der Waals surface area contributed by atoms with Gasteiger partial charge in [0.2, 0.25) is 10.0 Å². The number of carbonyl (C=O) groups excluding carboxylic acids is 1. The van der Waals surface area contributed by atoms with Gasteiger partial charge in [0.25, 0.3) is 5.91 Å². The molecule has 34 heavy (non-hydrogen) atoms. The Bertz CT molecular complexity index is 1260. The van der Waals surface area contributed by atoms with Gasteiger partial charge >= 0.3 is 0 Å². The molecule has 3 aromatic rings. The van der Waals surface area contributed by atoms with Crippen LogP contribution in [0.2, 0.25) is 0 Å². The normalized spacial score (nSPS) is 15.4. The zero-order valence-electron chi connectivity index (χ0n) is 19.9. The van der Waals surface area contributed by atoms with Crippen molar-refractivity contribution in [2.24, 2.45) is 0 Å². The molecule has 180 valence electrons. The zero-order valence-corrected chi connectivity index (χ0v) is 20.7. The van der Waals surface area contributed by atoms with Gasteiger partial charge in [0.15, 0.2) is 0 Å². The van der Waals surface area contributed by atoms with Crippen molar-refractivity contribution >= 4 is 21.6 Å². The molecule has 0 atom stereocenters. The largest absolute Gasteiger partial charge is 0.322 e. The highest BCUT2D eigenvalue weighted by Gasteiger charge is 2.28. The second kappa shape index (κ2) is 10.1. The minimum absolute atomic E-state index is 0.184. The summed E-state index contributed by atoms with van der Waals surface area (Å²) in [7, 11) is -3.62. The van der Waals surface area contributed by atoms with E-state index in [0.29, 0.717) is 36.6 Å². The number of nitrogens with one attached hydrogen (secondary N) is 1. The molecule has 0 unspecified atom stereocenters. The third-order valence-corrected chi connectivity index (χ3v) is 8.19. The summed E-state index contributed by atoms with van der Waals surface area (Å²) in [6.07, 6.45) is 0. The predicted molar refractivity (Wildman–Crippen MR) is 133 cm³/mol. The Morgan fingerprint density at radius 3 is 2.38 bits per heavy atom. The van der Waals surface area contributed by atoms with Gasteiger partial charge in [-0.3, -0.25) is 9.48 Å². The smallest absolute Gasteiger partial charge is 0.259 e. The van der Waals surface area contributed by atoms with Gasteiger partial charge in [-0.05, 0) is 44.2 Å². The second-order valence-electron chi connectivity index (χ2n) is 8.51. The van der Waals surface area contributed by atoms with Crippen molar-refractivity contribution in [2.45, 2.75) is 32.2 Å². The third-order valence-electron chi connectivity index (χ3n) is 6.29. The van der Waals surface area contributed by atoms with E-state index in [-0.39, 0.29) is 10.8 Å². The van der Waals surface area contributed by atoms with Crippen molar-refractivity contribution in [3.63, 3.8) is 0 Å². The number of aromatic nitrogens is 2. The van der Waals surface area contributed by atoms with E-state index in [2.05, 4.69) is 22.2 Å². The van der Waals surface area contributed by atoms with Crippen molar-refractivity contribution < 1.29 is 13.2 Å². The van der Waals surface area contributed by atoms with Crippen LogP contribution < -0.4 is 5.32 Å². The molecule has 0 radical (unpaired) electrons. The molecule has 1 saturated heterocycles. The van der Waals surface area contributed by atoms with Crippen molar-refractivity contribution in [3.8, 4) is 0 Å². The van der Waals surface area contributed by atoms with Crippen LogP contribution in [0.3, 0.4) is 0 Å². The number of rotatable bonds is 7. The first kappa shape index (κ1) is 24.1. The van der Waals surface area contributed by atoms with Gasteiger partial charge in [0.05, 0.1) is 22.7 Å². The van der Waals surface area contributed by atoms with E-state index in [9.17, 15) is 13.2 Å². The molecule has 1 fully saturated rings. The molecule has 0 spiro atoms. The molecular formula is C25H31N5O3S. The molecule has 1 amide bonds. The van der Waals surface area contributed by atoms with E-state index in [4.69, 9.17) is 0 Å². The summed E-state index contributed by atoms with van der Waals surface area (Å²) in [5, 5.41) is 7.41. The van der Waals surface area contributed by atoms with Crippen LogP contribution in [0.4, 0.5) is 5.69 Å². The number of sulfonamides is 1. The average Bonchev–Trinajstić information content (AvgIpc) is 3.12. The van der Waals surface area contributed by atoms with E-state index in [1.54, 1.807) is 25.1 Å². The fourth-order valence-electron chi connectivity index (χ4n) is 4.30. The summed E-state index contributed by atoms with van der Waals surface area (Å²) >= 11 is 0. The van der Waals surface area contributed by atoms with E-state index in [1.807, 2.05) is 41.9 Å². The first-order chi connectivity index (χ1) is 16.3. The maximum atomic E-state index is 13.2. The molecule has 1 N–H and O–H groups in total. The summed E-state index contributed by atoms with van der Waals surface area (Å²) in [5.74, 6) is -0.305. The molecule has 8 nitrogen and oxygen atoms in total. The van der Waals surface area contributed by atoms with Crippen molar-refractivity contribution in [1.82, 2.24) is 19.0 Å². The Kier molecular flexibility index (Phi) is 7.16. The first-order valence-corrected chi connectivity index (χ1v) is 13.0. The SMILES string of the molecule is CCN1CCN(S(=O)(=O)c2cccc(NC(=O)c3c(C)nn(Cc4ccccc4)c3C)c2)CC1. The van der Waals surface area contributed by atoms with Gasteiger partial charge in [0.1, 0.15) is 0 Å². The summed E-state index contributed by atoms with van der Waals surface area (Å²) in [6, 6.07) is 16.4. The molecule has 1 aliphatic rings. The molecule has 2 aromatic carbocycles. The molecular weight excluding hydrogens is 450 g/mol. The van der Waals surface area contributed by atoms with E-state index < -0.39 is 10.0 Å². The Labute approximate surface area is 201 Å². The van der Waals surface area contributed by atoms with E-state index in [1.165, 1.54) is 10.4 Å². The Balaban J connectivity index is 1.51. The van der Waals surface area contributed by atoms with Crippen LogP contribution in [0.1, 0.15) is 34.2 Å². The number of carbonyl (C=O) groups is 1. The molecule has 1 aromatic heterocycles. The number of likely N-dealkylation sites (N-methyl/N-ethyl adjacent to an activating group) is 1. The number of aryl methyl sites for hydroxylation is 1. The fraction of sp³-hybridized carbons (Fsp3) is 0.360. The number of amides is 1. The maximum absolute atomic E-state index is 13.2. The second-order valence-corrected chi connectivity index (χ2v) is 10.4. The Hall–Kier alpha value is -3.01. The highest BCUT2D eigenvalue weighted by molar-refractivity contribution is 7.89. The minimum Gasteiger partial charge on any atom is -0.322 e.